The van der Waals surface area contributed by atoms with Gasteiger partial charge in [-0.15, -0.1) is 0 Å². The van der Waals surface area contributed by atoms with Gasteiger partial charge in [0.25, 0.3) is 0 Å². The fraction of sp³-hybridized carbons (Fsp3) is 0.300. The first-order valence-corrected chi connectivity index (χ1v) is 4.61. The molecule has 0 aliphatic heterocycles. The lowest BCUT2D eigenvalue weighted by Gasteiger charge is -2.10. The van der Waals surface area contributed by atoms with Crippen LogP contribution in [0, 0.1) is 0 Å². The van der Waals surface area contributed by atoms with Crippen molar-refractivity contribution in [2.75, 3.05) is 0 Å². The van der Waals surface area contributed by atoms with E-state index >= 15 is 0 Å². The van der Waals surface area contributed by atoms with Gasteiger partial charge in [-0.3, -0.25) is 4.98 Å². The van der Waals surface area contributed by atoms with Crippen LogP contribution in [0.4, 0.5) is 0 Å². The van der Waals surface area contributed by atoms with E-state index in [0.29, 0.717) is 11.7 Å². The normalized spacial score (nSPS) is 11.7. The molecule has 0 bridgehead atoms. The van der Waals surface area contributed by atoms with Crippen molar-refractivity contribution in [2.45, 2.75) is 19.4 Å². The van der Waals surface area contributed by atoms with Crippen LogP contribution in [0.25, 0.3) is 11.4 Å². The van der Waals surface area contributed by atoms with Gasteiger partial charge in [0.1, 0.15) is 0 Å². The van der Waals surface area contributed by atoms with Gasteiger partial charge in [-0.25, -0.2) is 0 Å². The molecule has 78 valence electrons. The summed E-state index contributed by atoms with van der Waals surface area (Å²) in [4.78, 5) is 8.19. The zero-order valence-electron chi connectivity index (χ0n) is 8.64. The molecule has 5 heteroatoms. The highest BCUT2D eigenvalue weighted by Gasteiger charge is 2.22. The summed E-state index contributed by atoms with van der Waals surface area (Å²) in [7, 11) is 0. The summed E-state index contributed by atoms with van der Waals surface area (Å²) in [5.74, 6) is 0.929. The maximum atomic E-state index is 5.84. The van der Waals surface area contributed by atoms with Crippen LogP contribution in [0.15, 0.2) is 29.0 Å². The monoisotopic (exact) mass is 204 g/mol. The van der Waals surface area contributed by atoms with E-state index in [1.165, 1.54) is 0 Å². The minimum Gasteiger partial charge on any atom is -0.337 e. The van der Waals surface area contributed by atoms with Crippen molar-refractivity contribution in [3.8, 4) is 11.4 Å². The van der Waals surface area contributed by atoms with E-state index in [2.05, 4.69) is 15.1 Å². The Morgan fingerprint density at radius 3 is 2.73 bits per heavy atom. The molecule has 0 saturated carbocycles. The molecule has 0 aromatic carbocycles. The minimum atomic E-state index is -0.618. The largest absolute Gasteiger partial charge is 0.337 e. The molecule has 0 unspecified atom stereocenters. The predicted molar refractivity (Wildman–Crippen MR) is 54.7 cm³/mol. The van der Waals surface area contributed by atoms with Gasteiger partial charge in [0.15, 0.2) is 0 Å². The third kappa shape index (κ3) is 2.02. The van der Waals surface area contributed by atoms with Crippen molar-refractivity contribution in [3.63, 3.8) is 0 Å². The van der Waals surface area contributed by atoms with Crippen LogP contribution in [0.5, 0.6) is 0 Å². The van der Waals surface area contributed by atoms with Crippen LogP contribution in [-0.4, -0.2) is 15.1 Å². The second-order valence-electron chi connectivity index (χ2n) is 3.89. The van der Waals surface area contributed by atoms with Gasteiger partial charge in [0, 0.05) is 18.0 Å². The fourth-order valence-electron chi connectivity index (χ4n) is 1.10. The highest BCUT2D eigenvalue weighted by Crippen LogP contribution is 2.19. The van der Waals surface area contributed by atoms with Gasteiger partial charge in [-0.05, 0) is 26.0 Å². The molecule has 0 aliphatic carbocycles. The molecule has 0 saturated heterocycles. The van der Waals surface area contributed by atoms with Gasteiger partial charge in [0.2, 0.25) is 11.7 Å². The van der Waals surface area contributed by atoms with Crippen molar-refractivity contribution in [1.29, 1.82) is 0 Å². The number of nitrogens with two attached hydrogens (primary N) is 1. The molecular weight excluding hydrogens is 192 g/mol. The molecule has 2 aromatic rings. The molecule has 2 rings (SSSR count). The lowest BCUT2D eigenvalue weighted by atomic mass is 10.1. The molecule has 0 fully saturated rings. The molecule has 0 spiro atoms. The van der Waals surface area contributed by atoms with E-state index in [0.717, 1.165) is 5.56 Å². The van der Waals surface area contributed by atoms with Crippen molar-refractivity contribution in [2.24, 2.45) is 5.73 Å². The van der Waals surface area contributed by atoms with E-state index in [9.17, 15) is 0 Å². The van der Waals surface area contributed by atoms with Crippen LogP contribution in [0.1, 0.15) is 19.7 Å². The number of aromatic nitrogens is 3. The summed E-state index contributed by atoms with van der Waals surface area (Å²) in [5.41, 5.74) is 6.04. The molecule has 0 amide bonds. The zero-order chi connectivity index (χ0) is 10.9. The zero-order valence-corrected chi connectivity index (χ0v) is 8.64. The maximum Gasteiger partial charge on any atom is 0.246 e. The lowest BCUT2D eigenvalue weighted by molar-refractivity contribution is 0.312. The number of hydrogen-bond acceptors (Lipinski definition) is 5. The number of rotatable bonds is 2. The standard InChI is InChI=1S/C10H12N4O/c1-10(2,11)9-13-8(14-15-9)7-4-3-5-12-6-7/h3-6H,11H2,1-2H3. The van der Waals surface area contributed by atoms with Crippen molar-refractivity contribution in [3.05, 3.63) is 30.4 Å². The Morgan fingerprint density at radius 2 is 2.20 bits per heavy atom. The Balaban J connectivity index is 2.37. The molecular formula is C10H12N4O. The fourth-order valence-corrected chi connectivity index (χ4v) is 1.10. The molecule has 0 aliphatic rings. The summed E-state index contributed by atoms with van der Waals surface area (Å²) in [5, 5.41) is 3.85. The molecule has 2 heterocycles. The highest BCUT2D eigenvalue weighted by atomic mass is 16.5. The Bertz CT molecular complexity index is 444. The average Bonchev–Trinajstić information content (AvgIpc) is 2.67. The van der Waals surface area contributed by atoms with Crippen LogP contribution < -0.4 is 5.73 Å². The molecule has 0 radical (unpaired) electrons. The maximum absolute atomic E-state index is 5.84. The second-order valence-corrected chi connectivity index (χ2v) is 3.89. The molecule has 15 heavy (non-hydrogen) atoms. The Hall–Kier alpha value is -1.75. The van der Waals surface area contributed by atoms with Gasteiger partial charge in [0.05, 0.1) is 5.54 Å². The van der Waals surface area contributed by atoms with Gasteiger partial charge in [-0.2, -0.15) is 4.98 Å². The van der Waals surface area contributed by atoms with Gasteiger partial charge < -0.3 is 10.3 Å². The van der Waals surface area contributed by atoms with E-state index in [1.54, 1.807) is 12.4 Å². The first kappa shape index (κ1) is 9.79. The average molecular weight is 204 g/mol. The Morgan fingerprint density at radius 1 is 1.40 bits per heavy atom. The van der Waals surface area contributed by atoms with Gasteiger partial charge >= 0.3 is 0 Å². The van der Waals surface area contributed by atoms with Crippen molar-refractivity contribution >= 4 is 0 Å². The SMILES string of the molecule is CC(C)(N)c1nc(-c2cccnc2)no1. The van der Waals surface area contributed by atoms with Crippen molar-refractivity contribution < 1.29 is 4.52 Å². The van der Waals surface area contributed by atoms with E-state index in [4.69, 9.17) is 10.3 Å². The summed E-state index contributed by atoms with van der Waals surface area (Å²) >= 11 is 0. The first-order chi connectivity index (χ1) is 7.07. The molecule has 5 nitrogen and oxygen atoms in total. The smallest absolute Gasteiger partial charge is 0.246 e. The molecule has 2 N–H and O–H groups in total. The van der Waals surface area contributed by atoms with E-state index in [-0.39, 0.29) is 0 Å². The van der Waals surface area contributed by atoms with E-state index in [1.807, 2.05) is 26.0 Å². The van der Waals surface area contributed by atoms with Gasteiger partial charge in [-0.1, -0.05) is 5.16 Å². The molecule has 2 aromatic heterocycles. The van der Waals surface area contributed by atoms with Crippen LogP contribution in [0.3, 0.4) is 0 Å². The minimum absolute atomic E-state index is 0.418. The summed E-state index contributed by atoms with van der Waals surface area (Å²) in [6, 6.07) is 3.68. The van der Waals surface area contributed by atoms with Crippen LogP contribution in [0.2, 0.25) is 0 Å². The first-order valence-electron chi connectivity index (χ1n) is 4.61. The number of nitrogens with zero attached hydrogens (tertiary/aromatic N) is 3. The summed E-state index contributed by atoms with van der Waals surface area (Å²) in [6.45, 7) is 3.63. The Labute approximate surface area is 87.3 Å². The van der Waals surface area contributed by atoms with E-state index < -0.39 is 5.54 Å². The number of pyridine rings is 1. The van der Waals surface area contributed by atoms with Crippen molar-refractivity contribution in [1.82, 2.24) is 15.1 Å². The molecule has 0 atom stereocenters. The topological polar surface area (TPSA) is 77.8 Å². The van der Waals surface area contributed by atoms with Crippen LogP contribution >= 0.6 is 0 Å². The highest BCUT2D eigenvalue weighted by molar-refractivity contribution is 5.51. The summed E-state index contributed by atoms with van der Waals surface area (Å²) < 4.78 is 5.07. The second kappa shape index (κ2) is 3.43. The third-order valence-electron chi connectivity index (χ3n) is 1.90. The Kier molecular flexibility index (Phi) is 2.24. The third-order valence-corrected chi connectivity index (χ3v) is 1.90. The lowest BCUT2D eigenvalue weighted by Crippen LogP contribution is -2.28. The van der Waals surface area contributed by atoms with Crippen LogP contribution in [-0.2, 0) is 5.54 Å². The number of hydrogen-bond donors (Lipinski definition) is 1. The quantitative estimate of drug-likeness (QED) is 0.798. The summed E-state index contributed by atoms with van der Waals surface area (Å²) in [6.07, 6.45) is 3.37. The predicted octanol–water partition coefficient (Wildman–Crippen LogP) is 1.33.